The zero-order valence-electron chi connectivity index (χ0n) is 14.5. The molecule has 0 N–H and O–H groups in total. The Hall–Kier alpha value is -2.31. The summed E-state index contributed by atoms with van der Waals surface area (Å²) < 4.78 is 5.81. The monoisotopic (exact) mass is 340 g/mol. The van der Waals surface area contributed by atoms with Gasteiger partial charge in [-0.3, -0.25) is 14.8 Å². The second kappa shape index (κ2) is 8.69. The predicted molar refractivity (Wildman–Crippen MR) is 94.7 cm³/mol. The Bertz CT molecular complexity index is 666. The van der Waals surface area contributed by atoms with Crippen LogP contribution in [-0.2, 0) is 16.1 Å². The van der Waals surface area contributed by atoms with Gasteiger partial charge < -0.3 is 14.5 Å². The Kier molecular flexibility index (Phi) is 6.09. The number of nitrogens with zero attached hydrogens (tertiary/aromatic N) is 4. The lowest BCUT2D eigenvalue weighted by Crippen LogP contribution is -2.43. The second-order valence-corrected chi connectivity index (χ2v) is 6.33. The summed E-state index contributed by atoms with van der Waals surface area (Å²) in [6.07, 6.45) is 7.60. The number of rotatable bonds is 6. The molecule has 1 atom stereocenters. The van der Waals surface area contributed by atoms with Crippen LogP contribution in [0.2, 0.25) is 0 Å². The topological polar surface area (TPSA) is 58.6 Å². The van der Waals surface area contributed by atoms with E-state index in [1.54, 1.807) is 18.6 Å². The Morgan fingerprint density at radius 2 is 2.12 bits per heavy atom. The van der Waals surface area contributed by atoms with Crippen LogP contribution in [0.25, 0.3) is 0 Å². The number of pyridine rings is 2. The molecule has 0 bridgehead atoms. The molecule has 6 heteroatoms. The van der Waals surface area contributed by atoms with Crippen molar-refractivity contribution < 1.29 is 9.53 Å². The Labute approximate surface area is 148 Å². The van der Waals surface area contributed by atoms with Crippen LogP contribution in [-0.4, -0.2) is 59.0 Å². The van der Waals surface area contributed by atoms with Gasteiger partial charge in [0.05, 0.1) is 13.2 Å². The molecule has 0 unspecified atom stereocenters. The average molecular weight is 340 g/mol. The van der Waals surface area contributed by atoms with Crippen LogP contribution >= 0.6 is 0 Å². The minimum Gasteiger partial charge on any atom is -0.370 e. The highest BCUT2D eigenvalue weighted by Gasteiger charge is 2.25. The van der Waals surface area contributed by atoms with E-state index in [1.807, 2.05) is 42.4 Å². The van der Waals surface area contributed by atoms with Gasteiger partial charge in [-0.05, 0) is 36.4 Å². The highest BCUT2D eigenvalue weighted by Crippen LogP contribution is 2.21. The smallest absolute Gasteiger partial charge is 0.224 e. The molecular weight excluding hydrogens is 316 g/mol. The van der Waals surface area contributed by atoms with E-state index < -0.39 is 0 Å². The highest BCUT2D eigenvalue weighted by atomic mass is 16.5. The molecule has 2 aromatic heterocycles. The third-order valence-electron chi connectivity index (χ3n) is 4.38. The Morgan fingerprint density at radius 1 is 1.28 bits per heavy atom. The van der Waals surface area contributed by atoms with Gasteiger partial charge >= 0.3 is 0 Å². The highest BCUT2D eigenvalue weighted by molar-refractivity contribution is 5.76. The first-order valence-corrected chi connectivity index (χ1v) is 8.59. The fraction of sp³-hybridized carbons (Fsp3) is 0.421. The van der Waals surface area contributed by atoms with Crippen molar-refractivity contribution in [2.24, 2.45) is 0 Å². The van der Waals surface area contributed by atoms with Crippen LogP contribution in [0.3, 0.4) is 0 Å². The van der Waals surface area contributed by atoms with Gasteiger partial charge in [-0.15, -0.1) is 0 Å². The number of morpholine rings is 1. The van der Waals surface area contributed by atoms with Crippen molar-refractivity contribution >= 4 is 5.91 Å². The normalized spacial score (nSPS) is 17.7. The molecule has 6 nitrogen and oxygen atoms in total. The zero-order chi connectivity index (χ0) is 17.5. The Balaban J connectivity index is 1.47. The van der Waals surface area contributed by atoms with Crippen LogP contribution < -0.4 is 0 Å². The second-order valence-electron chi connectivity index (χ2n) is 6.33. The molecule has 0 spiro atoms. The molecule has 3 heterocycles. The minimum atomic E-state index is -0.0613. The van der Waals surface area contributed by atoms with E-state index in [0.717, 1.165) is 24.2 Å². The van der Waals surface area contributed by atoms with Gasteiger partial charge in [0.2, 0.25) is 5.91 Å². The van der Waals surface area contributed by atoms with Gasteiger partial charge in [-0.2, -0.15) is 0 Å². The van der Waals surface area contributed by atoms with E-state index in [0.29, 0.717) is 26.1 Å². The van der Waals surface area contributed by atoms with Crippen molar-refractivity contribution in [1.29, 1.82) is 0 Å². The van der Waals surface area contributed by atoms with Crippen molar-refractivity contribution in [2.75, 3.05) is 33.3 Å². The maximum Gasteiger partial charge on any atom is 0.224 e. The van der Waals surface area contributed by atoms with Crippen LogP contribution in [0.1, 0.15) is 23.7 Å². The predicted octanol–water partition coefficient (Wildman–Crippen LogP) is 1.90. The summed E-state index contributed by atoms with van der Waals surface area (Å²) in [7, 11) is 2.03. The maximum atomic E-state index is 12.6. The van der Waals surface area contributed by atoms with Crippen LogP contribution in [0.5, 0.6) is 0 Å². The molecule has 0 saturated carbocycles. The number of ether oxygens (including phenoxy) is 1. The van der Waals surface area contributed by atoms with Crippen molar-refractivity contribution in [3.63, 3.8) is 0 Å². The van der Waals surface area contributed by atoms with E-state index in [-0.39, 0.29) is 12.0 Å². The van der Waals surface area contributed by atoms with Crippen LogP contribution in [0.4, 0.5) is 0 Å². The maximum absolute atomic E-state index is 12.6. The lowest BCUT2D eigenvalue weighted by molar-refractivity contribution is -0.139. The van der Waals surface area contributed by atoms with Gasteiger partial charge in [-0.25, -0.2) is 0 Å². The van der Waals surface area contributed by atoms with Crippen molar-refractivity contribution in [2.45, 2.75) is 19.1 Å². The largest absolute Gasteiger partial charge is 0.370 e. The minimum absolute atomic E-state index is 0.0613. The van der Waals surface area contributed by atoms with Crippen molar-refractivity contribution in [1.82, 2.24) is 19.8 Å². The van der Waals surface area contributed by atoms with Gasteiger partial charge in [0, 0.05) is 50.8 Å². The summed E-state index contributed by atoms with van der Waals surface area (Å²) in [5.41, 5.74) is 2.22. The van der Waals surface area contributed by atoms with E-state index in [4.69, 9.17) is 4.74 Å². The standard InChI is InChI=1S/C19H24N4O2/c1-22(14-16-3-2-7-21-13-16)10-6-19(24)23-11-12-25-18(15-23)17-4-8-20-9-5-17/h2-5,7-9,13,18H,6,10-12,14-15H2,1H3/t18-/m0/s1. The first-order valence-electron chi connectivity index (χ1n) is 8.59. The van der Waals surface area contributed by atoms with Crippen LogP contribution in [0.15, 0.2) is 49.1 Å². The number of aromatic nitrogens is 2. The number of hydrogen-bond acceptors (Lipinski definition) is 5. The van der Waals surface area contributed by atoms with E-state index in [2.05, 4.69) is 14.9 Å². The number of carbonyl (C=O) groups is 1. The fourth-order valence-corrected chi connectivity index (χ4v) is 2.98. The summed E-state index contributed by atoms with van der Waals surface area (Å²) in [6.45, 7) is 3.36. The van der Waals surface area contributed by atoms with Gasteiger partial charge in [0.1, 0.15) is 6.10 Å². The van der Waals surface area contributed by atoms with E-state index in [1.165, 1.54) is 0 Å². The summed E-state index contributed by atoms with van der Waals surface area (Å²) in [4.78, 5) is 24.8. The van der Waals surface area contributed by atoms with Crippen molar-refractivity contribution in [3.8, 4) is 0 Å². The first-order chi connectivity index (χ1) is 12.2. The molecule has 1 amide bonds. The summed E-state index contributed by atoms with van der Waals surface area (Å²) in [6, 6.07) is 7.87. The molecule has 3 rings (SSSR count). The molecule has 1 aliphatic heterocycles. The average Bonchev–Trinajstić information content (AvgIpc) is 2.68. The number of amides is 1. The first kappa shape index (κ1) is 17.5. The molecule has 25 heavy (non-hydrogen) atoms. The zero-order valence-corrected chi connectivity index (χ0v) is 14.5. The summed E-state index contributed by atoms with van der Waals surface area (Å²) in [5.74, 6) is 0.181. The number of hydrogen-bond donors (Lipinski definition) is 0. The summed E-state index contributed by atoms with van der Waals surface area (Å²) >= 11 is 0. The third-order valence-corrected chi connectivity index (χ3v) is 4.38. The molecule has 2 aromatic rings. The molecular formula is C19H24N4O2. The third kappa shape index (κ3) is 5.08. The van der Waals surface area contributed by atoms with Gasteiger partial charge in [0.15, 0.2) is 0 Å². The van der Waals surface area contributed by atoms with Crippen LogP contribution in [0, 0.1) is 0 Å². The molecule has 1 saturated heterocycles. The lowest BCUT2D eigenvalue weighted by atomic mass is 10.1. The number of carbonyl (C=O) groups excluding carboxylic acids is 1. The SMILES string of the molecule is CN(CCC(=O)N1CCO[C@H](c2ccncc2)C1)Cc1cccnc1. The molecule has 1 fully saturated rings. The summed E-state index contributed by atoms with van der Waals surface area (Å²) in [5, 5.41) is 0. The molecule has 0 radical (unpaired) electrons. The van der Waals surface area contributed by atoms with E-state index in [9.17, 15) is 4.79 Å². The molecule has 132 valence electrons. The molecule has 1 aliphatic rings. The van der Waals surface area contributed by atoms with Crippen molar-refractivity contribution in [3.05, 3.63) is 60.2 Å². The lowest BCUT2D eigenvalue weighted by Gasteiger charge is -2.33. The molecule has 0 aliphatic carbocycles. The van der Waals surface area contributed by atoms with Gasteiger partial charge in [-0.1, -0.05) is 6.07 Å². The van der Waals surface area contributed by atoms with Gasteiger partial charge in [0.25, 0.3) is 0 Å². The fourth-order valence-electron chi connectivity index (χ4n) is 2.98. The van der Waals surface area contributed by atoms with E-state index >= 15 is 0 Å². The quantitative estimate of drug-likeness (QED) is 0.804. The molecule has 0 aromatic carbocycles. The Morgan fingerprint density at radius 3 is 2.88 bits per heavy atom.